The van der Waals surface area contributed by atoms with Gasteiger partial charge in [0.25, 0.3) is 0 Å². The Bertz CT molecular complexity index is 811. The van der Waals surface area contributed by atoms with E-state index in [0.717, 1.165) is 5.56 Å². The number of rotatable bonds is 6. The molecule has 1 unspecified atom stereocenters. The highest BCUT2D eigenvalue weighted by Crippen LogP contribution is 2.22. The maximum atomic E-state index is 12.3. The number of carbonyl (C=O) groups is 1. The maximum absolute atomic E-state index is 12.3. The van der Waals surface area contributed by atoms with E-state index >= 15 is 0 Å². The highest BCUT2D eigenvalue weighted by Gasteiger charge is 2.16. The normalized spacial score (nSPS) is 12.5. The van der Waals surface area contributed by atoms with E-state index in [-0.39, 0.29) is 11.9 Å². The van der Waals surface area contributed by atoms with E-state index in [1.54, 1.807) is 11.3 Å². The molecule has 1 amide bonds. The molecule has 0 spiro atoms. The van der Waals surface area contributed by atoms with Gasteiger partial charge in [0.15, 0.2) is 0 Å². The first kappa shape index (κ1) is 16.7. The lowest BCUT2D eigenvalue weighted by Gasteiger charge is -2.23. The van der Waals surface area contributed by atoms with Gasteiger partial charge in [-0.15, -0.1) is 11.3 Å². The van der Waals surface area contributed by atoms with Crippen LogP contribution < -0.4 is 5.32 Å². The van der Waals surface area contributed by atoms with E-state index in [1.165, 1.54) is 15.6 Å². The fourth-order valence-electron chi connectivity index (χ4n) is 2.83. The first-order valence-corrected chi connectivity index (χ1v) is 8.95. The zero-order valence-electron chi connectivity index (χ0n) is 14.0. The zero-order chi connectivity index (χ0) is 16.9. The number of nitrogens with zero attached hydrogens (tertiary/aromatic N) is 1. The second-order valence-electron chi connectivity index (χ2n) is 6.16. The summed E-state index contributed by atoms with van der Waals surface area (Å²) in [5.41, 5.74) is 1.05. The number of benzene rings is 2. The molecule has 0 aliphatic rings. The third kappa shape index (κ3) is 4.02. The van der Waals surface area contributed by atoms with Gasteiger partial charge in [0.05, 0.1) is 12.5 Å². The number of hydrogen-bond donors (Lipinski definition) is 1. The lowest BCUT2D eigenvalue weighted by Crippen LogP contribution is -2.34. The van der Waals surface area contributed by atoms with Gasteiger partial charge in [-0.3, -0.25) is 4.79 Å². The molecule has 0 fully saturated rings. The van der Waals surface area contributed by atoms with E-state index in [2.05, 4.69) is 45.9 Å². The van der Waals surface area contributed by atoms with Gasteiger partial charge in [0, 0.05) is 11.4 Å². The number of amides is 1. The van der Waals surface area contributed by atoms with Crippen molar-refractivity contribution in [3.8, 4) is 0 Å². The van der Waals surface area contributed by atoms with E-state index < -0.39 is 0 Å². The molecule has 0 saturated carbocycles. The molecule has 0 bridgehead atoms. The van der Waals surface area contributed by atoms with Crippen LogP contribution in [0.2, 0.25) is 0 Å². The van der Waals surface area contributed by atoms with E-state index in [4.69, 9.17) is 0 Å². The van der Waals surface area contributed by atoms with Gasteiger partial charge >= 0.3 is 0 Å². The molecule has 1 N–H and O–H groups in total. The molecule has 2 aromatic carbocycles. The zero-order valence-corrected chi connectivity index (χ0v) is 14.8. The summed E-state index contributed by atoms with van der Waals surface area (Å²) in [6.45, 7) is 0.625. The monoisotopic (exact) mass is 338 g/mol. The molecule has 3 nitrogen and oxygen atoms in total. The van der Waals surface area contributed by atoms with Gasteiger partial charge in [-0.2, -0.15) is 0 Å². The number of thiophene rings is 1. The lowest BCUT2D eigenvalue weighted by molar-refractivity contribution is -0.120. The van der Waals surface area contributed by atoms with Crippen LogP contribution in [0, 0.1) is 0 Å². The van der Waals surface area contributed by atoms with Gasteiger partial charge in [-0.1, -0.05) is 48.5 Å². The Kier molecular flexibility index (Phi) is 5.28. The van der Waals surface area contributed by atoms with Crippen LogP contribution in [0.3, 0.4) is 0 Å². The van der Waals surface area contributed by atoms with Crippen LogP contribution in [-0.4, -0.2) is 31.4 Å². The Labute approximate surface area is 146 Å². The summed E-state index contributed by atoms with van der Waals surface area (Å²) in [7, 11) is 4.08. The second kappa shape index (κ2) is 7.60. The van der Waals surface area contributed by atoms with Gasteiger partial charge in [-0.25, -0.2) is 0 Å². The minimum atomic E-state index is 0.0636. The minimum absolute atomic E-state index is 0.0636. The third-order valence-electron chi connectivity index (χ3n) is 4.17. The molecular formula is C20H22N2OS. The van der Waals surface area contributed by atoms with Crippen LogP contribution in [0.1, 0.15) is 16.5 Å². The molecule has 1 atom stereocenters. The second-order valence-corrected chi connectivity index (χ2v) is 7.14. The molecule has 3 rings (SSSR count). The predicted molar refractivity (Wildman–Crippen MR) is 101 cm³/mol. The molecule has 0 aliphatic carbocycles. The molecular weight excluding hydrogens is 316 g/mol. The molecule has 1 heterocycles. The summed E-state index contributed by atoms with van der Waals surface area (Å²) in [5.74, 6) is 0.0636. The van der Waals surface area contributed by atoms with E-state index in [1.807, 2.05) is 38.4 Å². The summed E-state index contributed by atoms with van der Waals surface area (Å²) >= 11 is 1.72. The van der Waals surface area contributed by atoms with Crippen molar-refractivity contribution in [2.75, 3.05) is 20.6 Å². The van der Waals surface area contributed by atoms with Crippen molar-refractivity contribution in [2.45, 2.75) is 12.5 Å². The molecule has 0 aliphatic heterocycles. The summed E-state index contributed by atoms with van der Waals surface area (Å²) in [6, 6.07) is 18.8. The van der Waals surface area contributed by atoms with Crippen LogP contribution in [0.4, 0.5) is 0 Å². The van der Waals surface area contributed by atoms with Crippen LogP contribution >= 0.6 is 11.3 Å². The largest absolute Gasteiger partial charge is 0.354 e. The number of carbonyl (C=O) groups excluding carboxylic acids is 1. The van der Waals surface area contributed by atoms with E-state index in [9.17, 15) is 4.79 Å². The summed E-state index contributed by atoms with van der Waals surface area (Å²) in [4.78, 5) is 15.7. The van der Waals surface area contributed by atoms with Crippen molar-refractivity contribution in [2.24, 2.45) is 0 Å². The van der Waals surface area contributed by atoms with Gasteiger partial charge in [0.1, 0.15) is 0 Å². The Morgan fingerprint density at radius 1 is 1.08 bits per heavy atom. The average Bonchev–Trinajstić information content (AvgIpc) is 3.09. The van der Waals surface area contributed by atoms with Crippen molar-refractivity contribution < 1.29 is 4.79 Å². The standard InChI is InChI=1S/C20H22N2OS/c1-22(2)18(19-8-5-11-24-19)14-21-20(23)13-15-9-10-16-6-3-4-7-17(16)12-15/h3-12,18H,13-14H2,1-2H3,(H,21,23). The topological polar surface area (TPSA) is 32.3 Å². The summed E-state index contributed by atoms with van der Waals surface area (Å²) < 4.78 is 0. The van der Waals surface area contributed by atoms with Crippen LogP contribution in [0.25, 0.3) is 10.8 Å². The highest BCUT2D eigenvalue weighted by molar-refractivity contribution is 7.10. The first-order valence-electron chi connectivity index (χ1n) is 8.07. The first-order chi connectivity index (χ1) is 11.6. The summed E-state index contributed by atoms with van der Waals surface area (Å²) in [5, 5.41) is 7.52. The molecule has 0 saturated heterocycles. The average molecular weight is 338 g/mol. The quantitative estimate of drug-likeness (QED) is 0.740. The maximum Gasteiger partial charge on any atom is 0.224 e. The number of nitrogens with one attached hydrogen (secondary N) is 1. The van der Waals surface area contributed by atoms with Crippen molar-refractivity contribution in [3.05, 3.63) is 70.4 Å². The number of fused-ring (bicyclic) bond motifs is 1. The Balaban J connectivity index is 1.62. The van der Waals surface area contributed by atoms with Crippen LogP contribution in [-0.2, 0) is 11.2 Å². The molecule has 4 heteroatoms. The Morgan fingerprint density at radius 3 is 2.58 bits per heavy atom. The third-order valence-corrected chi connectivity index (χ3v) is 5.14. The predicted octanol–water partition coefficient (Wildman–Crippen LogP) is 3.86. The summed E-state index contributed by atoms with van der Waals surface area (Å²) in [6.07, 6.45) is 0.412. The molecule has 3 aromatic rings. The Hall–Kier alpha value is -2.17. The van der Waals surface area contributed by atoms with Crippen LogP contribution in [0.5, 0.6) is 0 Å². The number of likely N-dealkylation sites (N-methyl/N-ethyl adjacent to an activating group) is 1. The van der Waals surface area contributed by atoms with Crippen LogP contribution in [0.15, 0.2) is 60.0 Å². The highest BCUT2D eigenvalue weighted by atomic mass is 32.1. The van der Waals surface area contributed by atoms with Gasteiger partial charge in [-0.05, 0) is 41.9 Å². The fraction of sp³-hybridized carbons (Fsp3) is 0.250. The lowest BCUT2D eigenvalue weighted by atomic mass is 10.0. The number of hydrogen-bond acceptors (Lipinski definition) is 3. The van der Waals surface area contributed by atoms with E-state index in [0.29, 0.717) is 13.0 Å². The van der Waals surface area contributed by atoms with Crippen molar-refractivity contribution >= 4 is 28.0 Å². The van der Waals surface area contributed by atoms with Gasteiger partial charge < -0.3 is 10.2 Å². The minimum Gasteiger partial charge on any atom is -0.354 e. The van der Waals surface area contributed by atoms with Gasteiger partial charge in [0.2, 0.25) is 5.91 Å². The SMILES string of the molecule is CN(C)C(CNC(=O)Cc1ccc2ccccc2c1)c1cccs1. The van der Waals surface area contributed by atoms with Crippen molar-refractivity contribution in [1.82, 2.24) is 10.2 Å². The molecule has 0 radical (unpaired) electrons. The molecule has 24 heavy (non-hydrogen) atoms. The van der Waals surface area contributed by atoms with Crippen molar-refractivity contribution in [1.29, 1.82) is 0 Å². The smallest absolute Gasteiger partial charge is 0.224 e. The fourth-order valence-corrected chi connectivity index (χ4v) is 3.75. The van der Waals surface area contributed by atoms with Crippen molar-refractivity contribution in [3.63, 3.8) is 0 Å². The Morgan fingerprint density at radius 2 is 1.88 bits per heavy atom. The molecule has 124 valence electrons. The molecule has 1 aromatic heterocycles.